The van der Waals surface area contributed by atoms with E-state index in [0.29, 0.717) is 87.7 Å². The number of quaternary nitrogens is 1. The summed E-state index contributed by atoms with van der Waals surface area (Å²) in [6.45, 7) is 10.4. The third kappa shape index (κ3) is 14.8. The van der Waals surface area contributed by atoms with Crippen LogP contribution in [0, 0.1) is 11.1 Å². The molecule has 22 heteroatoms. The molecular formula is C53H62ClF3N6O9S3. The van der Waals surface area contributed by atoms with Gasteiger partial charge >= 0.3 is 11.6 Å². The van der Waals surface area contributed by atoms with Crippen LogP contribution in [0.3, 0.4) is 0 Å². The lowest BCUT2D eigenvalue weighted by molar-refractivity contribution is -0.858. The van der Waals surface area contributed by atoms with Crippen LogP contribution in [0.15, 0.2) is 136 Å². The lowest BCUT2D eigenvalue weighted by atomic mass is 9.82. The first-order valence-corrected chi connectivity index (χ1v) is 28.9. The monoisotopic (exact) mass is 1110 g/mol. The maximum atomic E-state index is 14.3. The summed E-state index contributed by atoms with van der Waals surface area (Å²) in [5.41, 5.74) is -0.849. The molecule has 0 radical (unpaired) electrons. The third-order valence-electron chi connectivity index (χ3n) is 13.0. The molecule has 0 aliphatic carbocycles. The van der Waals surface area contributed by atoms with Crippen LogP contribution in [0.1, 0.15) is 68.9 Å². The van der Waals surface area contributed by atoms with E-state index in [0.717, 1.165) is 33.7 Å². The van der Waals surface area contributed by atoms with E-state index < -0.39 is 75.3 Å². The molecule has 7 rings (SSSR count). The van der Waals surface area contributed by atoms with Crippen molar-refractivity contribution in [3.63, 3.8) is 0 Å². The van der Waals surface area contributed by atoms with Crippen LogP contribution in [-0.4, -0.2) is 114 Å². The minimum Gasteiger partial charge on any atom is -0.601 e. The number of thioether (sulfide) groups is 1. The Labute approximate surface area is 446 Å². The molecule has 2 amide bonds. The van der Waals surface area contributed by atoms with E-state index >= 15 is 0 Å². The van der Waals surface area contributed by atoms with Crippen molar-refractivity contribution < 1.29 is 53.8 Å². The standard InChI is InChI=1S/C53H62ClF3N6O9S3/c1-5-63(66,51(65)72-52(2,3)4)59-49(46-14-10-9-13-45(46)37-15-19-40(54)20-16-37)38-25-29-62(30-26-38)42-21-17-39(18-22-42)50(64)60-75(69,70)44-23-24-47(48(35-44)74(67,68)53(55,56)57)58-41(27-28-61-31-33-71-34-32-61)36-73-43-11-7-6-8-12-43/h6-24,35,38,41,49,58-59H,5,25-34,36H2,1-4H3,(H,60,64)/t41?,49-,63?/m1/s1. The Bertz CT molecular complexity index is 2980. The first-order valence-electron chi connectivity index (χ1n) is 24.5. The number of nitrogens with one attached hydrogen (secondary N) is 3. The molecule has 2 saturated heterocycles. The Balaban J connectivity index is 1.07. The summed E-state index contributed by atoms with van der Waals surface area (Å²) in [4.78, 5) is 29.9. The van der Waals surface area contributed by atoms with E-state index in [2.05, 4.69) is 20.5 Å². The highest BCUT2D eigenvalue weighted by molar-refractivity contribution is 7.99. The van der Waals surface area contributed by atoms with Crippen molar-refractivity contribution in [3.05, 3.63) is 143 Å². The number of sulfonamides is 1. The van der Waals surface area contributed by atoms with Crippen LogP contribution in [0.5, 0.6) is 0 Å². The molecule has 3 N–H and O–H groups in total. The van der Waals surface area contributed by atoms with Crippen LogP contribution in [-0.2, 0) is 29.3 Å². The molecular weight excluding hydrogens is 1050 g/mol. The van der Waals surface area contributed by atoms with Gasteiger partial charge in [0.2, 0.25) is 0 Å². The van der Waals surface area contributed by atoms with Gasteiger partial charge in [-0.05, 0) is 136 Å². The molecule has 75 heavy (non-hydrogen) atoms. The lowest BCUT2D eigenvalue weighted by Crippen LogP contribution is -2.61. The van der Waals surface area contributed by atoms with Crippen LogP contribution in [0.25, 0.3) is 11.1 Å². The van der Waals surface area contributed by atoms with Crippen LogP contribution in [0.4, 0.5) is 29.3 Å². The Morgan fingerprint density at radius 2 is 1.51 bits per heavy atom. The van der Waals surface area contributed by atoms with Gasteiger partial charge < -0.3 is 24.9 Å². The Morgan fingerprint density at radius 1 is 0.867 bits per heavy atom. The van der Waals surface area contributed by atoms with Gasteiger partial charge in [-0.2, -0.15) is 22.7 Å². The molecule has 3 atom stereocenters. The summed E-state index contributed by atoms with van der Waals surface area (Å²) in [5.74, 6) is -0.912. The highest BCUT2D eigenvalue weighted by Gasteiger charge is 2.49. The van der Waals surface area contributed by atoms with Gasteiger partial charge in [-0.25, -0.2) is 21.6 Å². The van der Waals surface area contributed by atoms with Crippen molar-refractivity contribution in [1.29, 1.82) is 0 Å². The van der Waals surface area contributed by atoms with Crippen LogP contribution < -0.4 is 20.4 Å². The topological polar surface area (TPSA) is 187 Å². The predicted molar refractivity (Wildman–Crippen MR) is 285 cm³/mol. The number of sulfone groups is 1. The van der Waals surface area contributed by atoms with E-state index in [9.17, 15) is 44.8 Å². The molecule has 0 saturated carbocycles. The number of nitrogens with zero attached hydrogens (tertiary/aromatic N) is 3. The van der Waals surface area contributed by atoms with Gasteiger partial charge in [0.25, 0.3) is 25.8 Å². The molecule has 2 aliphatic heterocycles. The molecule has 404 valence electrons. The number of alkyl halides is 3. The number of hydrogen-bond donors (Lipinski definition) is 3. The number of hydrogen-bond acceptors (Lipinski definition) is 14. The number of benzene rings is 5. The molecule has 2 aliphatic rings. The number of piperidine rings is 1. The Hall–Kier alpha value is -5.23. The summed E-state index contributed by atoms with van der Waals surface area (Å²) in [6, 6.07) is 31.5. The highest BCUT2D eigenvalue weighted by Crippen LogP contribution is 2.40. The number of hydroxylamine groups is 2. The number of morpholine rings is 1. The molecule has 0 aromatic heterocycles. The first-order chi connectivity index (χ1) is 35.5. The summed E-state index contributed by atoms with van der Waals surface area (Å²) < 4.78 is 108. The zero-order chi connectivity index (χ0) is 54.2. The minimum atomic E-state index is -6.11. The third-order valence-corrected chi connectivity index (χ3v) is 17.3. The van der Waals surface area contributed by atoms with Crippen molar-refractivity contribution in [3.8, 4) is 11.1 Å². The first kappa shape index (κ1) is 57.5. The Morgan fingerprint density at radius 3 is 2.13 bits per heavy atom. The molecule has 2 unspecified atom stereocenters. The summed E-state index contributed by atoms with van der Waals surface area (Å²) >= 11 is 7.66. The van der Waals surface area contributed by atoms with Crippen LogP contribution in [0.2, 0.25) is 5.02 Å². The largest absolute Gasteiger partial charge is 0.601 e. The fourth-order valence-electron chi connectivity index (χ4n) is 8.91. The summed E-state index contributed by atoms with van der Waals surface area (Å²) in [6.07, 6.45) is 0.572. The molecule has 0 bridgehead atoms. The van der Waals surface area contributed by atoms with Crippen molar-refractivity contribution in [2.45, 2.75) is 84.8 Å². The summed E-state index contributed by atoms with van der Waals surface area (Å²) in [5, 5.41) is 17.9. The molecule has 15 nitrogen and oxygen atoms in total. The minimum absolute atomic E-state index is 0.0907. The second-order valence-corrected chi connectivity index (χ2v) is 24.5. The van der Waals surface area contributed by atoms with Gasteiger partial charge in [-0.15, -0.1) is 17.2 Å². The maximum absolute atomic E-state index is 14.3. The van der Waals surface area contributed by atoms with Crippen molar-refractivity contribution in [2.75, 3.05) is 68.5 Å². The van der Waals surface area contributed by atoms with Gasteiger partial charge in [0.1, 0.15) is 17.0 Å². The maximum Gasteiger partial charge on any atom is 0.536 e. The van der Waals surface area contributed by atoms with Gasteiger partial charge in [-0.1, -0.05) is 66.2 Å². The van der Waals surface area contributed by atoms with E-state index in [1.807, 2.05) is 71.5 Å². The van der Waals surface area contributed by atoms with E-state index in [1.54, 1.807) is 52.0 Å². The normalized spacial score (nSPS) is 16.9. The number of ether oxygens (including phenoxy) is 2. The number of anilines is 2. The van der Waals surface area contributed by atoms with Gasteiger partial charge in [0.05, 0.1) is 29.8 Å². The van der Waals surface area contributed by atoms with Crippen LogP contribution >= 0.6 is 23.4 Å². The zero-order valence-electron chi connectivity index (χ0n) is 42.0. The fourth-order valence-corrected chi connectivity index (χ4v) is 12.0. The number of amides is 2. The smallest absolute Gasteiger partial charge is 0.536 e. The SMILES string of the molecule is CC[N+]([O-])(N[C@@H](c1ccccc1-c1ccc(Cl)cc1)C1CCN(c2ccc(C(=O)NS(=O)(=O)c3ccc(NC(CCN4CCOCC4)CSc4ccccc4)c(S(=O)(=O)C(F)(F)F)c3)cc2)CC1)C(=O)OC(C)(C)C. The lowest BCUT2D eigenvalue weighted by Gasteiger charge is -2.44. The number of carbonyl (C=O) groups is 2. The number of carbonyl (C=O) groups excluding carboxylic acids is 2. The quantitative estimate of drug-likeness (QED) is 0.0403. The van der Waals surface area contributed by atoms with Crippen molar-refractivity contribution >= 4 is 66.6 Å². The second-order valence-electron chi connectivity index (χ2n) is 19.4. The van der Waals surface area contributed by atoms with Crippen molar-refractivity contribution in [1.82, 2.24) is 15.0 Å². The van der Waals surface area contributed by atoms with E-state index in [4.69, 9.17) is 21.1 Å². The fraction of sp³-hybridized carbons (Fsp3) is 0.396. The average molecular weight is 1120 g/mol. The summed E-state index contributed by atoms with van der Waals surface area (Å²) in [7, 11) is -11.0. The van der Waals surface area contributed by atoms with Gasteiger partial charge in [-0.3, -0.25) is 9.69 Å². The zero-order valence-corrected chi connectivity index (χ0v) is 45.2. The predicted octanol–water partition coefficient (Wildman–Crippen LogP) is 10.4. The van der Waals surface area contributed by atoms with E-state index in [-0.39, 0.29) is 18.0 Å². The van der Waals surface area contributed by atoms with Gasteiger partial charge in [0, 0.05) is 65.7 Å². The van der Waals surface area contributed by atoms with E-state index in [1.165, 1.54) is 23.9 Å². The molecule has 2 fully saturated rings. The number of halogens is 4. The Kier molecular flexibility index (Phi) is 18.7. The molecule has 5 aromatic rings. The average Bonchev–Trinajstić information content (AvgIpc) is 3.38. The second kappa shape index (κ2) is 24.4. The van der Waals surface area contributed by atoms with Crippen molar-refractivity contribution in [2.24, 2.45) is 5.92 Å². The highest BCUT2D eigenvalue weighted by atomic mass is 35.5. The molecule has 2 heterocycles. The van der Waals surface area contributed by atoms with Gasteiger partial charge in [0.15, 0.2) is 0 Å². The molecule has 0 spiro atoms. The number of rotatable bonds is 19. The molecule has 5 aromatic carbocycles.